The lowest BCUT2D eigenvalue weighted by Gasteiger charge is -2.25. The number of nitrogens with two attached hydrogens (primary N) is 1. The summed E-state index contributed by atoms with van der Waals surface area (Å²) in [4.78, 5) is 15.6. The molecule has 1 amide bonds. The maximum atomic E-state index is 11.6. The SMILES string of the molecule is Nc1cccc(C(=O)NCC2CCC2)n1. The molecule has 0 bridgehead atoms. The van der Waals surface area contributed by atoms with Crippen molar-refractivity contribution in [3.05, 3.63) is 23.9 Å². The number of anilines is 1. The van der Waals surface area contributed by atoms with Gasteiger partial charge in [0.1, 0.15) is 11.5 Å². The molecule has 4 nitrogen and oxygen atoms in total. The van der Waals surface area contributed by atoms with E-state index in [1.54, 1.807) is 18.2 Å². The number of amides is 1. The Kier molecular flexibility index (Phi) is 2.85. The third-order valence-electron chi connectivity index (χ3n) is 2.78. The molecule has 1 saturated carbocycles. The zero-order valence-electron chi connectivity index (χ0n) is 8.57. The lowest BCUT2D eigenvalue weighted by Crippen LogP contribution is -2.32. The highest BCUT2D eigenvalue weighted by molar-refractivity contribution is 5.92. The molecule has 0 atom stereocenters. The van der Waals surface area contributed by atoms with Gasteiger partial charge in [-0.3, -0.25) is 4.79 Å². The van der Waals surface area contributed by atoms with Gasteiger partial charge >= 0.3 is 0 Å². The van der Waals surface area contributed by atoms with Crippen molar-refractivity contribution >= 4 is 11.7 Å². The van der Waals surface area contributed by atoms with E-state index in [9.17, 15) is 4.79 Å². The largest absolute Gasteiger partial charge is 0.384 e. The molecule has 0 radical (unpaired) electrons. The monoisotopic (exact) mass is 205 g/mol. The van der Waals surface area contributed by atoms with Gasteiger partial charge in [-0.25, -0.2) is 4.98 Å². The summed E-state index contributed by atoms with van der Waals surface area (Å²) in [5, 5.41) is 2.87. The molecule has 0 aliphatic heterocycles. The number of nitrogen functional groups attached to an aromatic ring is 1. The van der Waals surface area contributed by atoms with Crippen LogP contribution in [0.2, 0.25) is 0 Å². The first-order chi connectivity index (χ1) is 7.25. The predicted octanol–water partition coefficient (Wildman–Crippen LogP) is 1.19. The molecule has 15 heavy (non-hydrogen) atoms. The summed E-state index contributed by atoms with van der Waals surface area (Å²) in [6, 6.07) is 5.08. The predicted molar refractivity (Wildman–Crippen MR) is 58.3 cm³/mol. The zero-order valence-corrected chi connectivity index (χ0v) is 8.57. The van der Waals surface area contributed by atoms with Crippen LogP contribution in [-0.2, 0) is 0 Å². The van der Waals surface area contributed by atoms with Crippen molar-refractivity contribution in [3.63, 3.8) is 0 Å². The molecule has 1 heterocycles. The van der Waals surface area contributed by atoms with Gasteiger partial charge in [-0.1, -0.05) is 12.5 Å². The van der Waals surface area contributed by atoms with E-state index in [0.29, 0.717) is 17.4 Å². The quantitative estimate of drug-likeness (QED) is 0.779. The van der Waals surface area contributed by atoms with Crippen molar-refractivity contribution in [2.75, 3.05) is 12.3 Å². The van der Waals surface area contributed by atoms with Crippen LogP contribution in [0.3, 0.4) is 0 Å². The maximum Gasteiger partial charge on any atom is 0.269 e. The molecule has 1 aliphatic rings. The number of pyridine rings is 1. The Morgan fingerprint density at radius 1 is 1.53 bits per heavy atom. The van der Waals surface area contributed by atoms with Crippen molar-refractivity contribution < 1.29 is 4.79 Å². The average Bonchev–Trinajstić information content (AvgIpc) is 2.15. The summed E-state index contributed by atoms with van der Waals surface area (Å²) in [5.74, 6) is 0.913. The molecule has 0 spiro atoms. The van der Waals surface area contributed by atoms with E-state index < -0.39 is 0 Å². The van der Waals surface area contributed by atoms with E-state index >= 15 is 0 Å². The summed E-state index contributed by atoms with van der Waals surface area (Å²) in [7, 11) is 0. The number of carbonyl (C=O) groups is 1. The van der Waals surface area contributed by atoms with Gasteiger partial charge in [-0.15, -0.1) is 0 Å². The topological polar surface area (TPSA) is 68.0 Å². The second-order valence-electron chi connectivity index (χ2n) is 3.95. The van der Waals surface area contributed by atoms with E-state index in [1.165, 1.54) is 19.3 Å². The Morgan fingerprint density at radius 3 is 2.93 bits per heavy atom. The molecule has 1 fully saturated rings. The Morgan fingerprint density at radius 2 is 2.33 bits per heavy atom. The summed E-state index contributed by atoms with van der Waals surface area (Å²) in [5.41, 5.74) is 5.90. The molecule has 1 aromatic heterocycles. The van der Waals surface area contributed by atoms with Gasteiger partial charge in [0.05, 0.1) is 0 Å². The van der Waals surface area contributed by atoms with Crippen LogP contribution < -0.4 is 11.1 Å². The lowest BCUT2D eigenvalue weighted by molar-refractivity contribution is 0.0934. The first-order valence-corrected chi connectivity index (χ1v) is 5.26. The molecule has 0 unspecified atom stereocenters. The fourth-order valence-electron chi connectivity index (χ4n) is 1.60. The summed E-state index contributed by atoms with van der Waals surface area (Å²) >= 11 is 0. The number of aromatic nitrogens is 1. The smallest absolute Gasteiger partial charge is 0.269 e. The third-order valence-corrected chi connectivity index (χ3v) is 2.78. The summed E-state index contributed by atoms with van der Waals surface area (Å²) < 4.78 is 0. The van der Waals surface area contributed by atoms with Crippen LogP contribution in [0.25, 0.3) is 0 Å². The molecule has 80 valence electrons. The standard InChI is InChI=1S/C11H15N3O/c12-10-6-2-5-9(14-10)11(15)13-7-8-3-1-4-8/h2,5-6,8H,1,3-4,7H2,(H2,12,14)(H,13,15). The van der Waals surface area contributed by atoms with Crippen LogP contribution >= 0.6 is 0 Å². The van der Waals surface area contributed by atoms with Gasteiger partial charge in [-0.2, -0.15) is 0 Å². The van der Waals surface area contributed by atoms with E-state index in [1.807, 2.05) is 0 Å². The minimum absolute atomic E-state index is 0.130. The summed E-state index contributed by atoms with van der Waals surface area (Å²) in [6.07, 6.45) is 3.74. The Hall–Kier alpha value is -1.58. The van der Waals surface area contributed by atoms with Crippen molar-refractivity contribution in [2.45, 2.75) is 19.3 Å². The van der Waals surface area contributed by atoms with E-state index in [2.05, 4.69) is 10.3 Å². The van der Waals surface area contributed by atoms with Gasteiger partial charge < -0.3 is 11.1 Å². The highest BCUT2D eigenvalue weighted by Crippen LogP contribution is 2.25. The Bertz CT molecular complexity index is 361. The van der Waals surface area contributed by atoms with Gasteiger partial charge in [0.25, 0.3) is 5.91 Å². The molecule has 2 rings (SSSR count). The second kappa shape index (κ2) is 4.29. The van der Waals surface area contributed by atoms with E-state index in [0.717, 1.165) is 6.54 Å². The minimum Gasteiger partial charge on any atom is -0.384 e. The number of nitrogens with zero attached hydrogens (tertiary/aromatic N) is 1. The first-order valence-electron chi connectivity index (χ1n) is 5.26. The Balaban J connectivity index is 1.89. The number of nitrogens with one attached hydrogen (secondary N) is 1. The molecule has 0 aromatic carbocycles. The molecule has 4 heteroatoms. The lowest BCUT2D eigenvalue weighted by atomic mass is 9.85. The number of carbonyl (C=O) groups excluding carboxylic acids is 1. The number of hydrogen-bond donors (Lipinski definition) is 2. The fourth-order valence-corrected chi connectivity index (χ4v) is 1.60. The van der Waals surface area contributed by atoms with Crippen LogP contribution in [0.15, 0.2) is 18.2 Å². The number of rotatable bonds is 3. The van der Waals surface area contributed by atoms with Crippen LogP contribution in [0.1, 0.15) is 29.8 Å². The highest BCUT2D eigenvalue weighted by Gasteiger charge is 2.18. The van der Waals surface area contributed by atoms with Crippen LogP contribution in [0.5, 0.6) is 0 Å². The van der Waals surface area contributed by atoms with Crippen molar-refractivity contribution in [1.29, 1.82) is 0 Å². The molecule has 1 aromatic rings. The fraction of sp³-hybridized carbons (Fsp3) is 0.455. The molecular formula is C11H15N3O. The van der Waals surface area contributed by atoms with Crippen molar-refractivity contribution in [1.82, 2.24) is 10.3 Å². The molecule has 3 N–H and O–H groups in total. The summed E-state index contributed by atoms with van der Waals surface area (Å²) in [6.45, 7) is 0.759. The van der Waals surface area contributed by atoms with E-state index in [4.69, 9.17) is 5.73 Å². The third kappa shape index (κ3) is 2.46. The first kappa shape index (κ1) is 9.96. The normalized spacial score (nSPS) is 15.7. The maximum absolute atomic E-state index is 11.6. The van der Waals surface area contributed by atoms with Crippen molar-refractivity contribution in [2.24, 2.45) is 5.92 Å². The molecule has 1 aliphatic carbocycles. The highest BCUT2D eigenvalue weighted by atomic mass is 16.1. The van der Waals surface area contributed by atoms with Gasteiger partial charge in [0.15, 0.2) is 0 Å². The van der Waals surface area contributed by atoms with Crippen LogP contribution in [-0.4, -0.2) is 17.4 Å². The average molecular weight is 205 g/mol. The molecular weight excluding hydrogens is 190 g/mol. The van der Waals surface area contributed by atoms with Gasteiger partial charge in [-0.05, 0) is 30.9 Å². The van der Waals surface area contributed by atoms with Crippen LogP contribution in [0, 0.1) is 5.92 Å². The van der Waals surface area contributed by atoms with Crippen molar-refractivity contribution in [3.8, 4) is 0 Å². The van der Waals surface area contributed by atoms with Crippen LogP contribution in [0.4, 0.5) is 5.82 Å². The van der Waals surface area contributed by atoms with Gasteiger partial charge in [0.2, 0.25) is 0 Å². The molecule has 0 saturated heterocycles. The second-order valence-corrected chi connectivity index (χ2v) is 3.95. The minimum atomic E-state index is -0.130. The Labute approximate surface area is 88.9 Å². The van der Waals surface area contributed by atoms with Gasteiger partial charge in [0, 0.05) is 6.54 Å². The number of hydrogen-bond acceptors (Lipinski definition) is 3. The van der Waals surface area contributed by atoms with E-state index in [-0.39, 0.29) is 5.91 Å². The zero-order chi connectivity index (χ0) is 10.7.